The number of nitrogens with zero attached hydrogens (tertiary/aromatic N) is 1. The SMILES string of the molecule is OC[C@H]1CCCCN1Cc1c(F)cccc1F. The molecule has 1 aliphatic heterocycles. The largest absolute Gasteiger partial charge is 0.395 e. The number of benzene rings is 1. The van der Waals surface area contributed by atoms with Crippen molar-refractivity contribution in [2.24, 2.45) is 0 Å². The Bertz CT molecular complexity index is 363. The molecule has 94 valence electrons. The molecule has 1 fully saturated rings. The summed E-state index contributed by atoms with van der Waals surface area (Å²) in [6.45, 7) is 1.08. The maximum Gasteiger partial charge on any atom is 0.130 e. The highest BCUT2D eigenvalue weighted by Crippen LogP contribution is 2.21. The van der Waals surface area contributed by atoms with Crippen LogP contribution in [0.4, 0.5) is 8.78 Å². The van der Waals surface area contributed by atoms with Gasteiger partial charge in [0.1, 0.15) is 11.6 Å². The molecule has 0 radical (unpaired) electrons. The van der Waals surface area contributed by atoms with Crippen molar-refractivity contribution in [2.45, 2.75) is 31.8 Å². The molecule has 1 atom stereocenters. The molecule has 1 saturated heterocycles. The summed E-state index contributed by atoms with van der Waals surface area (Å²) in [5.41, 5.74) is 0.104. The second-order valence-corrected chi connectivity index (χ2v) is 4.50. The second-order valence-electron chi connectivity index (χ2n) is 4.50. The van der Waals surface area contributed by atoms with Gasteiger partial charge in [0.25, 0.3) is 0 Å². The standard InChI is InChI=1S/C13H17F2NO/c14-12-5-3-6-13(15)11(12)8-16-7-2-1-4-10(16)9-17/h3,5-6,10,17H,1-2,4,7-9H2/t10-/m1/s1. The van der Waals surface area contributed by atoms with Crippen molar-refractivity contribution in [3.05, 3.63) is 35.4 Å². The molecule has 0 saturated carbocycles. The Kier molecular flexibility index (Phi) is 4.07. The average Bonchev–Trinajstić information content (AvgIpc) is 2.34. The van der Waals surface area contributed by atoms with E-state index in [1.807, 2.05) is 4.90 Å². The topological polar surface area (TPSA) is 23.5 Å². The van der Waals surface area contributed by atoms with Gasteiger partial charge in [-0.25, -0.2) is 8.78 Å². The Morgan fingerprint density at radius 1 is 1.24 bits per heavy atom. The zero-order chi connectivity index (χ0) is 12.3. The van der Waals surface area contributed by atoms with Crippen LogP contribution in [0, 0.1) is 11.6 Å². The van der Waals surface area contributed by atoms with E-state index in [9.17, 15) is 13.9 Å². The number of hydrogen-bond acceptors (Lipinski definition) is 2. The zero-order valence-electron chi connectivity index (χ0n) is 9.70. The van der Waals surface area contributed by atoms with Gasteiger partial charge in [-0.05, 0) is 31.5 Å². The molecule has 17 heavy (non-hydrogen) atoms. The lowest BCUT2D eigenvalue weighted by molar-refractivity contribution is 0.0821. The lowest BCUT2D eigenvalue weighted by atomic mass is 10.0. The molecule has 1 aromatic carbocycles. The van der Waals surface area contributed by atoms with Crippen LogP contribution in [-0.4, -0.2) is 29.2 Å². The van der Waals surface area contributed by atoms with Gasteiger partial charge >= 0.3 is 0 Å². The van der Waals surface area contributed by atoms with E-state index in [1.165, 1.54) is 18.2 Å². The molecule has 0 unspecified atom stereocenters. The van der Waals surface area contributed by atoms with Crippen LogP contribution in [-0.2, 0) is 6.54 Å². The predicted octanol–water partition coefficient (Wildman–Crippen LogP) is 2.31. The van der Waals surface area contributed by atoms with E-state index in [0.29, 0.717) is 0 Å². The zero-order valence-corrected chi connectivity index (χ0v) is 9.70. The third kappa shape index (κ3) is 2.82. The van der Waals surface area contributed by atoms with Gasteiger partial charge in [-0.15, -0.1) is 0 Å². The van der Waals surface area contributed by atoms with Gasteiger partial charge in [0.15, 0.2) is 0 Å². The van der Waals surface area contributed by atoms with E-state index in [0.717, 1.165) is 25.8 Å². The number of aliphatic hydroxyl groups is 1. The fourth-order valence-electron chi connectivity index (χ4n) is 2.36. The number of hydrogen-bond donors (Lipinski definition) is 1. The Morgan fingerprint density at radius 3 is 2.59 bits per heavy atom. The minimum Gasteiger partial charge on any atom is -0.395 e. The summed E-state index contributed by atoms with van der Waals surface area (Å²) in [6.07, 6.45) is 2.99. The summed E-state index contributed by atoms with van der Waals surface area (Å²) >= 11 is 0. The Balaban J connectivity index is 2.13. The van der Waals surface area contributed by atoms with Crippen LogP contribution >= 0.6 is 0 Å². The molecule has 2 nitrogen and oxygen atoms in total. The predicted molar refractivity (Wildman–Crippen MR) is 61.5 cm³/mol. The molecule has 1 N–H and O–H groups in total. The minimum atomic E-state index is -0.507. The molecule has 0 aliphatic carbocycles. The summed E-state index contributed by atoms with van der Waals surface area (Å²) in [7, 11) is 0. The second kappa shape index (κ2) is 5.56. The fraction of sp³-hybridized carbons (Fsp3) is 0.538. The average molecular weight is 241 g/mol. The normalized spacial score (nSPS) is 21.7. The van der Waals surface area contributed by atoms with Crippen molar-refractivity contribution in [3.63, 3.8) is 0 Å². The number of piperidine rings is 1. The van der Waals surface area contributed by atoms with Gasteiger partial charge in [-0.3, -0.25) is 4.90 Å². The van der Waals surface area contributed by atoms with Crippen LogP contribution in [0.5, 0.6) is 0 Å². The van der Waals surface area contributed by atoms with Crippen molar-refractivity contribution < 1.29 is 13.9 Å². The van der Waals surface area contributed by atoms with E-state index >= 15 is 0 Å². The number of aliphatic hydroxyl groups excluding tert-OH is 1. The first-order chi connectivity index (χ1) is 8.22. The van der Waals surface area contributed by atoms with Gasteiger partial charge in [-0.2, -0.15) is 0 Å². The Hall–Kier alpha value is -1.00. The highest BCUT2D eigenvalue weighted by atomic mass is 19.1. The van der Waals surface area contributed by atoms with Gasteiger partial charge in [-0.1, -0.05) is 12.5 Å². The summed E-state index contributed by atoms with van der Waals surface area (Å²) in [5.74, 6) is -1.01. The molecule has 0 bridgehead atoms. The van der Waals surface area contributed by atoms with Gasteiger partial charge in [0.2, 0.25) is 0 Å². The summed E-state index contributed by atoms with van der Waals surface area (Å²) in [5, 5.41) is 9.25. The summed E-state index contributed by atoms with van der Waals surface area (Å²) < 4.78 is 27.0. The maximum atomic E-state index is 13.5. The molecule has 1 aliphatic rings. The minimum absolute atomic E-state index is 0.0303. The highest BCUT2D eigenvalue weighted by molar-refractivity contribution is 5.19. The Labute approximate surface area is 99.9 Å². The van der Waals surface area contributed by atoms with Crippen LogP contribution in [0.15, 0.2) is 18.2 Å². The van der Waals surface area contributed by atoms with Gasteiger partial charge in [0, 0.05) is 18.2 Å². The van der Waals surface area contributed by atoms with E-state index in [2.05, 4.69) is 0 Å². The van der Waals surface area contributed by atoms with Gasteiger partial charge in [0.05, 0.1) is 6.61 Å². The first-order valence-corrected chi connectivity index (χ1v) is 6.00. The molecule has 4 heteroatoms. The quantitative estimate of drug-likeness (QED) is 0.877. The van der Waals surface area contributed by atoms with Crippen LogP contribution in [0.2, 0.25) is 0 Å². The van der Waals surface area contributed by atoms with E-state index < -0.39 is 11.6 Å². The summed E-state index contributed by atoms with van der Waals surface area (Å²) in [6, 6.07) is 3.95. The first kappa shape index (κ1) is 12.5. The van der Waals surface area contributed by atoms with Crippen molar-refractivity contribution >= 4 is 0 Å². The molecule has 1 aromatic rings. The van der Waals surface area contributed by atoms with E-state index in [-0.39, 0.29) is 24.8 Å². The summed E-state index contributed by atoms with van der Waals surface area (Å²) in [4.78, 5) is 1.96. The van der Waals surface area contributed by atoms with Crippen LogP contribution in [0.1, 0.15) is 24.8 Å². The van der Waals surface area contributed by atoms with E-state index in [4.69, 9.17) is 0 Å². The molecular weight excluding hydrogens is 224 g/mol. The monoisotopic (exact) mass is 241 g/mol. The fourth-order valence-corrected chi connectivity index (χ4v) is 2.36. The van der Waals surface area contributed by atoms with Crippen molar-refractivity contribution in [1.82, 2.24) is 4.90 Å². The Morgan fingerprint density at radius 2 is 1.94 bits per heavy atom. The molecule has 2 rings (SSSR count). The third-order valence-corrected chi connectivity index (χ3v) is 3.38. The smallest absolute Gasteiger partial charge is 0.130 e. The molecule has 1 heterocycles. The van der Waals surface area contributed by atoms with Gasteiger partial charge < -0.3 is 5.11 Å². The maximum absolute atomic E-state index is 13.5. The molecular formula is C13H17F2NO. The number of likely N-dealkylation sites (tertiary alicyclic amines) is 1. The highest BCUT2D eigenvalue weighted by Gasteiger charge is 2.23. The van der Waals surface area contributed by atoms with E-state index in [1.54, 1.807) is 0 Å². The number of rotatable bonds is 3. The van der Waals surface area contributed by atoms with Crippen molar-refractivity contribution in [2.75, 3.05) is 13.2 Å². The van der Waals surface area contributed by atoms with Crippen LogP contribution in [0.3, 0.4) is 0 Å². The molecule has 0 spiro atoms. The molecule has 0 amide bonds. The third-order valence-electron chi connectivity index (χ3n) is 3.38. The van der Waals surface area contributed by atoms with Crippen molar-refractivity contribution in [1.29, 1.82) is 0 Å². The number of halogens is 2. The lowest BCUT2D eigenvalue weighted by Gasteiger charge is -2.34. The first-order valence-electron chi connectivity index (χ1n) is 6.00. The van der Waals surface area contributed by atoms with Crippen molar-refractivity contribution in [3.8, 4) is 0 Å². The van der Waals surface area contributed by atoms with Crippen LogP contribution in [0.25, 0.3) is 0 Å². The van der Waals surface area contributed by atoms with Crippen LogP contribution < -0.4 is 0 Å². The lowest BCUT2D eigenvalue weighted by Crippen LogP contribution is -2.41. The molecule has 0 aromatic heterocycles.